The second-order valence-electron chi connectivity index (χ2n) is 3.25. The molecule has 0 unspecified atom stereocenters. The van der Waals surface area contributed by atoms with Crippen molar-refractivity contribution in [1.82, 2.24) is 4.90 Å². The summed E-state index contributed by atoms with van der Waals surface area (Å²) in [6, 6.07) is 0.642. The molecule has 0 bridgehead atoms. The van der Waals surface area contributed by atoms with Crippen LogP contribution < -0.4 is 5.73 Å². The van der Waals surface area contributed by atoms with Gasteiger partial charge in [-0.2, -0.15) is 0 Å². The molecule has 0 saturated carbocycles. The Kier molecular flexibility index (Phi) is 4.65. The number of rotatable bonds is 4. The molecule has 62 valence electrons. The van der Waals surface area contributed by atoms with E-state index in [4.69, 9.17) is 5.73 Å². The number of likely N-dealkylation sites (N-methyl/N-ethyl adjacent to an activating group) is 1. The molecular weight excluding hydrogens is 124 g/mol. The minimum absolute atomic E-state index is 0.642. The Morgan fingerprint density at radius 2 is 1.80 bits per heavy atom. The Bertz CT molecular complexity index is 81.3. The van der Waals surface area contributed by atoms with Gasteiger partial charge in [0.25, 0.3) is 0 Å². The molecule has 0 radical (unpaired) electrons. The molecule has 0 aliphatic carbocycles. The van der Waals surface area contributed by atoms with E-state index >= 15 is 0 Å². The Balaban J connectivity index is 3.58. The first-order valence-electron chi connectivity index (χ1n) is 4.00. The second-order valence-corrected chi connectivity index (χ2v) is 3.25. The van der Waals surface area contributed by atoms with Crippen molar-refractivity contribution in [3.8, 4) is 0 Å². The van der Waals surface area contributed by atoms with Crippen molar-refractivity contribution in [3.05, 3.63) is 0 Å². The molecule has 0 aliphatic rings. The van der Waals surface area contributed by atoms with E-state index in [1.54, 1.807) is 0 Å². The zero-order valence-corrected chi connectivity index (χ0v) is 7.59. The van der Waals surface area contributed by atoms with Crippen LogP contribution in [0, 0.1) is 5.92 Å². The highest BCUT2D eigenvalue weighted by Gasteiger charge is 2.10. The van der Waals surface area contributed by atoms with Crippen LogP contribution in [0.2, 0.25) is 0 Å². The van der Waals surface area contributed by atoms with Crippen LogP contribution in [-0.4, -0.2) is 31.1 Å². The van der Waals surface area contributed by atoms with Gasteiger partial charge in [0, 0.05) is 19.1 Å². The van der Waals surface area contributed by atoms with E-state index in [0.29, 0.717) is 6.04 Å². The topological polar surface area (TPSA) is 29.3 Å². The lowest BCUT2D eigenvalue weighted by molar-refractivity contribution is 0.213. The molecule has 0 spiro atoms. The zero-order valence-electron chi connectivity index (χ0n) is 7.59. The summed E-state index contributed by atoms with van der Waals surface area (Å²) in [6.45, 7) is 8.46. The molecule has 2 nitrogen and oxygen atoms in total. The van der Waals surface area contributed by atoms with Crippen LogP contribution in [0.25, 0.3) is 0 Å². The quantitative estimate of drug-likeness (QED) is 0.636. The van der Waals surface area contributed by atoms with E-state index in [0.717, 1.165) is 19.0 Å². The first-order chi connectivity index (χ1) is 4.59. The van der Waals surface area contributed by atoms with Gasteiger partial charge in [-0.25, -0.2) is 0 Å². The van der Waals surface area contributed by atoms with Gasteiger partial charge in [0.05, 0.1) is 0 Å². The van der Waals surface area contributed by atoms with E-state index < -0.39 is 0 Å². The number of nitrogens with zero attached hydrogens (tertiary/aromatic N) is 1. The summed E-state index contributed by atoms with van der Waals surface area (Å²) in [7, 11) is 2.12. The SMILES string of the molecule is CC(C)[C@@H](C)N(C)CCN. The predicted molar refractivity (Wildman–Crippen MR) is 46.0 cm³/mol. The summed E-state index contributed by atoms with van der Waals surface area (Å²) in [5.41, 5.74) is 5.43. The average Bonchev–Trinajstić information content (AvgIpc) is 1.87. The Morgan fingerprint density at radius 1 is 1.30 bits per heavy atom. The fraction of sp³-hybridized carbons (Fsp3) is 1.00. The molecule has 0 aromatic heterocycles. The third kappa shape index (κ3) is 3.18. The largest absolute Gasteiger partial charge is 0.329 e. The first-order valence-corrected chi connectivity index (χ1v) is 4.00. The maximum atomic E-state index is 5.43. The lowest BCUT2D eigenvalue weighted by Gasteiger charge is -2.26. The summed E-state index contributed by atoms with van der Waals surface area (Å²) in [5.74, 6) is 0.719. The van der Waals surface area contributed by atoms with Crippen LogP contribution in [0.1, 0.15) is 20.8 Å². The van der Waals surface area contributed by atoms with Gasteiger partial charge < -0.3 is 10.6 Å². The molecule has 2 N–H and O–H groups in total. The second kappa shape index (κ2) is 4.69. The Morgan fingerprint density at radius 3 is 2.10 bits per heavy atom. The van der Waals surface area contributed by atoms with Gasteiger partial charge in [-0.15, -0.1) is 0 Å². The van der Waals surface area contributed by atoms with E-state index in [-0.39, 0.29) is 0 Å². The van der Waals surface area contributed by atoms with Gasteiger partial charge in [0.1, 0.15) is 0 Å². The van der Waals surface area contributed by atoms with Gasteiger partial charge in [-0.1, -0.05) is 13.8 Å². The van der Waals surface area contributed by atoms with E-state index in [1.807, 2.05) is 0 Å². The smallest absolute Gasteiger partial charge is 0.0104 e. The lowest BCUT2D eigenvalue weighted by Crippen LogP contribution is -2.36. The van der Waals surface area contributed by atoms with Gasteiger partial charge in [-0.3, -0.25) is 0 Å². The Labute approximate surface area is 64.4 Å². The minimum Gasteiger partial charge on any atom is -0.329 e. The highest BCUT2D eigenvalue weighted by Crippen LogP contribution is 2.06. The monoisotopic (exact) mass is 144 g/mol. The van der Waals surface area contributed by atoms with Crippen molar-refractivity contribution in [2.24, 2.45) is 11.7 Å². The van der Waals surface area contributed by atoms with Crippen LogP contribution in [0.4, 0.5) is 0 Å². The average molecular weight is 144 g/mol. The maximum absolute atomic E-state index is 5.43. The number of hydrogen-bond acceptors (Lipinski definition) is 2. The fourth-order valence-electron chi connectivity index (χ4n) is 0.916. The normalized spacial score (nSPS) is 14.7. The lowest BCUT2D eigenvalue weighted by atomic mass is 10.1. The highest BCUT2D eigenvalue weighted by molar-refractivity contribution is 4.66. The van der Waals surface area contributed by atoms with Crippen molar-refractivity contribution in [2.45, 2.75) is 26.8 Å². The minimum atomic E-state index is 0.642. The number of hydrogen-bond donors (Lipinski definition) is 1. The van der Waals surface area contributed by atoms with Crippen LogP contribution in [0.3, 0.4) is 0 Å². The predicted octanol–water partition coefficient (Wildman–Crippen LogP) is 0.921. The van der Waals surface area contributed by atoms with Gasteiger partial charge in [0.2, 0.25) is 0 Å². The van der Waals surface area contributed by atoms with Gasteiger partial charge >= 0.3 is 0 Å². The third-order valence-electron chi connectivity index (χ3n) is 2.14. The maximum Gasteiger partial charge on any atom is 0.0104 e. The summed E-state index contributed by atoms with van der Waals surface area (Å²) in [5, 5.41) is 0. The van der Waals surface area contributed by atoms with Crippen LogP contribution in [-0.2, 0) is 0 Å². The van der Waals surface area contributed by atoms with Crippen molar-refractivity contribution in [1.29, 1.82) is 0 Å². The van der Waals surface area contributed by atoms with Crippen LogP contribution in [0.5, 0.6) is 0 Å². The van der Waals surface area contributed by atoms with Crippen molar-refractivity contribution in [3.63, 3.8) is 0 Å². The molecule has 0 aromatic rings. The molecule has 0 amide bonds. The third-order valence-corrected chi connectivity index (χ3v) is 2.14. The molecular formula is C8H20N2. The first kappa shape index (κ1) is 9.92. The zero-order chi connectivity index (χ0) is 8.15. The van der Waals surface area contributed by atoms with Crippen LogP contribution >= 0.6 is 0 Å². The molecule has 0 saturated heterocycles. The van der Waals surface area contributed by atoms with E-state index in [9.17, 15) is 0 Å². The molecule has 1 atom stereocenters. The molecule has 0 aromatic carbocycles. The molecule has 2 heteroatoms. The van der Waals surface area contributed by atoms with Crippen molar-refractivity contribution >= 4 is 0 Å². The highest BCUT2D eigenvalue weighted by atomic mass is 15.1. The molecule has 0 aliphatic heterocycles. The summed E-state index contributed by atoms with van der Waals surface area (Å²) in [4.78, 5) is 2.30. The molecule has 0 rings (SSSR count). The van der Waals surface area contributed by atoms with Crippen LogP contribution in [0.15, 0.2) is 0 Å². The van der Waals surface area contributed by atoms with E-state index in [2.05, 4.69) is 32.7 Å². The summed E-state index contributed by atoms with van der Waals surface area (Å²) in [6.07, 6.45) is 0. The van der Waals surface area contributed by atoms with Crippen molar-refractivity contribution < 1.29 is 0 Å². The summed E-state index contributed by atoms with van der Waals surface area (Å²) >= 11 is 0. The molecule has 0 heterocycles. The van der Waals surface area contributed by atoms with E-state index in [1.165, 1.54) is 0 Å². The van der Waals surface area contributed by atoms with Crippen molar-refractivity contribution in [2.75, 3.05) is 20.1 Å². The Hall–Kier alpha value is -0.0800. The standard InChI is InChI=1S/C8H20N2/c1-7(2)8(3)10(4)6-5-9/h7-8H,5-6,9H2,1-4H3/t8-/m1/s1. The summed E-state index contributed by atoms with van der Waals surface area (Å²) < 4.78 is 0. The number of nitrogens with two attached hydrogens (primary N) is 1. The molecule has 0 fully saturated rings. The fourth-order valence-corrected chi connectivity index (χ4v) is 0.916. The van der Waals surface area contributed by atoms with Gasteiger partial charge in [-0.05, 0) is 19.9 Å². The molecule has 10 heavy (non-hydrogen) atoms. The van der Waals surface area contributed by atoms with Gasteiger partial charge in [0.15, 0.2) is 0 Å².